The summed E-state index contributed by atoms with van der Waals surface area (Å²) in [5.41, 5.74) is 9.40. The zero-order valence-electron chi connectivity index (χ0n) is 58.3. The van der Waals surface area contributed by atoms with Gasteiger partial charge >= 0.3 is 0 Å². The van der Waals surface area contributed by atoms with Gasteiger partial charge in [-0.05, 0) is 218 Å². The maximum atomic E-state index is 3.73. The summed E-state index contributed by atoms with van der Waals surface area (Å²) in [4.78, 5) is 0. The first-order chi connectivity index (χ1) is 49.7. The Morgan fingerprint density at radius 2 is 0.270 bits per heavy atom. The lowest BCUT2D eigenvalue weighted by Crippen LogP contribution is -2.28. The lowest BCUT2D eigenvalue weighted by molar-refractivity contribution is 0.608. The second-order valence-corrected chi connectivity index (χ2v) is 26.5. The van der Waals surface area contributed by atoms with E-state index in [9.17, 15) is 0 Å². The number of nitrogens with one attached hydrogen (secondary N) is 16. The summed E-state index contributed by atoms with van der Waals surface area (Å²) in [5, 5.41) is 79.0. The SMILES string of the molecule is c1cc2c3cc4cccc(c4cc3c1)NCCNCCCNCCNc1cccc3cc4c(cccc4cc13)NCCNCCCNCCNc1cccc3cc4c(cccc4cc13)NCCNCCCNCCNc1cccc3cc4c(cccc4cc13)NCCNCCCNCCN2. The number of anilines is 8. The Morgan fingerprint density at radius 1 is 0.140 bits per heavy atom. The van der Waals surface area contributed by atoms with Crippen molar-refractivity contribution in [2.75, 3.05) is 200 Å². The third-order valence-electron chi connectivity index (χ3n) is 19.3. The van der Waals surface area contributed by atoms with Crippen LogP contribution in [-0.2, 0) is 0 Å². The summed E-state index contributed by atoms with van der Waals surface area (Å²) in [6.07, 6.45) is 4.28. The van der Waals surface area contributed by atoms with E-state index in [1.807, 2.05) is 0 Å². The number of rotatable bonds is 0. The van der Waals surface area contributed by atoms with Gasteiger partial charge in [-0.15, -0.1) is 0 Å². The zero-order chi connectivity index (χ0) is 67.6. The molecule has 520 valence electrons. The summed E-state index contributed by atoms with van der Waals surface area (Å²) in [6, 6.07) is 71.5. The van der Waals surface area contributed by atoms with Crippen LogP contribution in [0.15, 0.2) is 194 Å². The van der Waals surface area contributed by atoms with E-state index in [4.69, 9.17) is 0 Å². The molecule has 12 aromatic rings. The van der Waals surface area contributed by atoms with E-state index >= 15 is 0 Å². The van der Waals surface area contributed by atoms with Crippen molar-refractivity contribution in [2.45, 2.75) is 25.7 Å². The first-order valence-corrected chi connectivity index (χ1v) is 37.1. The van der Waals surface area contributed by atoms with Gasteiger partial charge in [-0.3, -0.25) is 0 Å². The van der Waals surface area contributed by atoms with Crippen molar-refractivity contribution in [3.63, 3.8) is 0 Å². The van der Waals surface area contributed by atoms with Gasteiger partial charge in [0.2, 0.25) is 0 Å². The summed E-state index contributed by atoms with van der Waals surface area (Å²) >= 11 is 0. The molecule has 24 rings (SSSR count). The van der Waals surface area contributed by atoms with E-state index in [0.717, 1.165) is 183 Å². The summed E-state index contributed by atoms with van der Waals surface area (Å²) in [6.45, 7) is 21.8. The van der Waals surface area contributed by atoms with E-state index in [-0.39, 0.29) is 0 Å². The second-order valence-electron chi connectivity index (χ2n) is 26.5. The number of hydrogen-bond acceptors (Lipinski definition) is 16. The molecule has 0 unspecified atom stereocenters. The van der Waals surface area contributed by atoms with Crippen molar-refractivity contribution >= 4 is 132 Å². The molecule has 0 spiro atoms. The Kier molecular flexibility index (Phi) is 25.5. The van der Waals surface area contributed by atoms with Crippen LogP contribution in [0.2, 0.25) is 0 Å². The molecule has 0 saturated carbocycles. The molecule has 0 radical (unpaired) electrons. The molecule has 16 N–H and O–H groups in total. The van der Waals surface area contributed by atoms with Crippen LogP contribution >= 0.6 is 0 Å². The maximum Gasteiger partial charge on any atom is 0.0420 e. The first-order valence-electron chi connectivity index (χ1n) is 37.1. The van der Waals surface area contributed by atoms with Crippen LogP contribution in [0.5, 0.6) is 0 Å². The molecule has 16 heteroatoms. The Bertz CT molecular complexity index is 3730. The van der Waals surface area contributed by atoms with Gasteiger partial charge in [0, 0.05) is 193 Å². The molecule has 0 aromatic heterocycles. The fourth-order valence-corrected chi connectivity index (χ4v) is 14.1. The van der Waals surface area contributed by atoms with Gasteiger partial charge < -0.3 is 85.1 Å². The molecule has 0 amide bonds. The van der Waals surface area contributed by atoms with Crippen molar-refractivity contribution in [3.05, 3.63) is 194 Å². The van der Waals surface area contributed by atoms with Crippen LogP contribution in [0.4, 0.5) is 45.5 Å². The van der Waals surface area contributed by atoms with Crippen LogP contribution < -0.4 is 85.1 Å². The molecule has 12 aliphatic rings. The summed E-state index contributed by atoms with van der Waals surface area (Å²) in [7, 11) is 0. The molecule has 100 heavy (non-hydrogen) atoms. The van der Waals surface area contributed by atoms with Crippen LogP contribution in [0, 0.1) is 0 Å². The summed E-state index contributed by atoms with van der Waals surface area (Å²) in [5.74, 6) is 0. The highest BCUT2D eigenvalue weighted by molar-refractivity contribution is 6.11. The fraction of sp³-hybridized carbons (Fsp3) is 0.333. The van der Waals surface area contributed by atoms with Gasteiger partial charge in [-0.1, -0.05) is 97.1 Å². The van der Waals surface area contributed by atoms with Crippen LogP contribution in [-0.4, -0.2) is 157 Å². The van der Waals surface area contributed by atoms with Gasteiger partial charge in [0.1, 0.15) is 0 Å². The topological polar surface area (TPSA) is 192 Å². The number of hydrogen-bond donors (Lipinski definition) is 16. The van der Waals surface area contributed by atoms with Crippen molar-refractivity contribution < 1.29 is 0 Å². The third kappa shape index (κ3) is 18.8. The molecular weight excluding hydrogens is 1230 g/mol. The molecular formula is C84H104N16. The van der Waals surface area contributed by atoms with Crippen LogP contribution in [0.25, 0.3) is 86.2 Å². The van der Waals surface area contributed by atoms with E-state index in [2.05, 4.69) is 279 Å². The van der Waals surface area contributed by atoms with Gasteiger partial charge in [-0.2, -0.15) is 0 Å². The molecule has 16 nitrogen and oxygen atoms in total. The monoisotopic (exact) mass is 1340 g/mol. The van der Waals surface area contributed by atoms with Crippen molar-refractivity contribution in [1.82, 2.24) is 42.5 Å². The molecule has 12 aromatic carbocycles. The number of benzene rings is 12. The minimum atomic E-state index is 0.859. The van der Waals surface area contributed by atoms with Crippen molar-refractivity contribution in [3.8, 4) is 0 Å². The molecule has 12 aliphatic heterocycles. The summed E-state index contributed by atoms with van der Waals surface area (Å²) < 4.78 is 0. The lowest BCUT2D eigenvalue weighted by Gasteiger charge is -2.15. The Morgan fingerprint density at radius 3 is 0.400 bits per heavy atom. The van der Waals surface area contributed by atoms with E-state index in [1.165, 1.54) is 132 Å². The van der Waals surface area contributed by atoms with Gasteiger partial charge in [0.25, 0.3) is 0 Å². The Balaban J connectivity index is 0.573. The largest absolute Gasteiger partial charge is 0.383 e. The highest BCUT2D eigenvalue weighted by atomic mass is 15.0. The maximum absolute atomic E-state index is 3.73. The predicted octanol–water partition coefficient (Wildman–Crippen LogP) is 13.6. The molecule has 0 aliphatic carbocycles. The van der Waals surface area contributed by atoms with Crippen LogP contribution in [0.3, 0.4) is 0 Å². The molecule has 24 bridgehead atoms. The molecule has 12 heterocycles. The fourth-order valence-electron chi connectivity index (χ4n) is 14.1. The zero-order valence-corrected chi connectivity index (χ0v) is 58.3. The standard InChI is InChI=1S/C84H104N16/c1-13-61-53-70-62-14-2-22-78(70)94-46-38-86-31-10-32-88-40-48-96-80-24-5-17-65-58-74-66(57-73(65)80)18-6-26-82(74)98-50-42-90-35-12-36-92-44-52-100-84-28-8-20-68-59-75-67(60-76(68)84)19-7-27-83(75)99-51-43-91-34-11-33-89-41-49-97-81-25-4-16-64-55-71-63(56-72(64)81)15-3-23-79(71)95-47-39-87-30-9-29-85-37-45-93-77(21-1)69(61)54-62/h1-8,13-28,53-60,85-100H,9-12,29-52H2. The quantitative estimate of drug-likeness (QED) is 0.0641. The normalized spacial score (nSPS) is 16.8. The first kappa shape index (κ1) is 69.3. The Labute approximate surface area is 590 Å². The van der Waals surface area contributed by atoms with E-state index < -0.39 is 0 Å². The van der Waals surface area contributed by atoms with Crippen LogP contribution in [0.1, 0.15) is 25.7 Å². The molecule has 0 saturated heterocycles. The van der Waals surface area contributed by atoms with Crippen molar-refractivity contribution in [2.24, 2.45) is 0 Å². The average molecular weight is 1340 g/mol. The van der Waals surface area contributed by atoms with Gasteiger partial charge in [0.15, 0.2) is 0 Å². The van der Waals surface area contributed by atoms with E-state index in [0.29, 0.717) is 0 Å². The minimum Gasteiger partial charge on any atom is -0.383 e. The molecule has 0 fully saturated rings. The lowest BCUT2D eigenvalue weighted by atomic mass is 10.0. The second kappa shape index (κ2) is 36.8. The van der Waals surface area contributed by atoms with E-state index in [1.54, 1.807) is 0 Å². The minimum absolute atomic E-state index is 0.859. The Hall–Kier alpha value is -9.20. The third-order valence-corrected chi connectivity index (χ3v) is 19.3. The highest BCUT2D eigenvalue weighted by Crippen LogP contribution is 2.36. The smallest absolute Gasteiger partial charge is 0.0420 e. The molecule has 0 atom stereocenters. The highest BCUT2D eigenvalue weighted by Gasteiger charge is 2.13. The average Bonchev–Trinajstić information content (AvgIpc) is 0.804. The van der Waals surface area contributed by atoms with Crippen molar-refractivity contribution in [1.29, 1.82) is 0 Å². The van der Waals surface area contributed by atoms with Gasteiger partial charge in [-0.25, -0.2) is 0 Å². The van der Waals surface area contributed by atoms with Gasteiger partial charge in [0.05, 0.1) is 0 Å². The predicted molar refractivity (Wildman–Crippen MR) is 435 cm³/mol.